The van der Waals surface area contributed by atoms with Gasteiger partial charge in [-0.3, -0.25) is 14.5 Å². The van der Waals surface area contributed by atoms with Crippen LogP contribution in [0.4, 0.5) is 5.69 Å². The largest absolute Gasteiger partial charge is 0.494 e. The predicted octanol–water partition coefficient (Wildman–Crippen LogP) is 2.60. The fourth-order valence-electron chi connectivity index (χ4n) is 3.01. The molecule has 0 aliphatic carbocycles. The van der Waals surface area contributed by atoms with Crippen LogP contribution in [0.25, 0.3) is 0 Å². The molecule has 1 aliphatic heterocycles. The Morgan fingerprint density at radius 3 is 2.38 bits per heavy atom. The van der Waals surface area contributed by atoms with Gasteiger partial charge in [-0.25, -0.2) is 0 Å². The third-order valence-corrected chi connectivity index (χ3v) is 4.33. The standard InChI is InChI=1S/C20H31N3O3/c1-5-26-17-9-7-16(8-10-17)21-18(24)15-22-11-6-12-23(14-13-22)19(25)20(2,3)4/h7-10H,5-6,11-15H2,1-4H3,(H,21,24). The van der Waals surface area contributed by atoms with Gasteiger partial charge in [-0.05, 0) is 37.6 Å². The topological polar surface area (TPSA) is 61.9 Å². The molecule has 144 valence electrons. The highest BCUT2D eigenvalue weighted by atomic mass is 16.5. The zero-order chi connectivity index (χ0) is 19.2. The van der Waals surface area contributed by atoms with E-state index in [2.05, 4.69) is 10.2 Å². The third-order valence-electron chi connectivity index (χ3n) is 4.33. The van der Waals surface area contributed by atoms with Crippen LogP contribution in [0.5, 0.6) is 5.75 Å². The number of carbonyl (C=O) groups is 2. The molecular weight excluding hydrogens is 330 g/mol. The molecular formula is C20H31N3O3. The van der Waals surface area contributed by atoms with Gasteiger partial charge in [0.05, 0.1) is 13.2 Å². The quantitative estimate of drug-likeness (QED) is 0.876. The Morgan fingerprint density at radius 1 is 1.08 bits per heavy atom. The molecule has 0 aromatic heterocycles. The maximum absolute atomic E-state index is 12.4. The van der Waals surface area contributed by atoms with Crippen molar-refractivity contribution in [3.05, 3.63) is 24.3 Å². The van der Waals surface area contributed by atoms with E-state index >= 15 is 0 Å². The first-order valence-corrected chi connectivity index (χ1v) is 9.34. The Balaban J connectivity index is 1.83. The summed E-state index contributed by atoms with van der Waals surface area (Å²) in [6.45, 7) is 11.7. The van der Waals surface area contributed by atoms with Crippen LogP contribution in [0.3, 0.4) is 0 Å². The van der Waals surface area contributed by atoms with Crippen molar-refractivity contribution in [2.24, 2.45) is 5.41 Å². The lowest BCUT2D eigenvalue weighted by Crippen LogP contribution is -2.42. The summed E-state index contributed by atoms with van der Waals surface area (Å²) in [5, 5.41) is 2.92. The predicted molar refractivity (Wildman–Crippen MR) is 103 cm³/mol. The maximum Gasteiger partial charge on any atom is 0.238 e. The average Bonchev–Trinajstić information content (AvgIpc) is 2.81. The minimum absolute atomic E-state index is 0.0373. The van der Waals surface area contributed by atoms with Crippen LogP contribution in [-0.2, 0) is 9.59 Å². The van der Waals surface area contributed by atoms with Crippen molar-refractivity contribution in [3.63, 3.8) is 0 Å². The van der Waals surface area contributed by atoms with Crippen LogP contribution in [0.1, 0.15) is 34.1 Å². The molecule has 0 bridgehead atoms. The van der Waals surface area contributed by atoms with Crippen molar-refractivity contribution in [1.82, 2.24) is 9.80 Å². The minimum Gasteiger partial charge on any atom is -0.494 e. The summed E-state index contributed by atoms with van der Waals surface area (Å²) in [6, 6.07) is 7.38. The van der Waals surface area contributed by atoms with Crippen molar-refractivity contribution in [2.75, 3.05) is 44.6 Å². The molecule has 1 N–H and O–H groups in total. The van der Waals surface area contributed by atoms with E-state index in [4.69, 9.17) is 4.74 Å². The number of amides is 2. The lowest BCUT2D eigenvalue weighted by Gasteiger charge is -2.28. The van der Waals surface area contributed by atoms with E-state index in [0.717, 1.165) is 37.5 Å². The van der Waals surface area contributed by atoms with E-state index in [-0.39, 0.29) is 17.2 Å². The Kier molecular flexibility index (Phi) is 7.03. The zero-order valence-electron chi connectivity index (χ0n) is 16.4. The molecule has 6 heteroatoms. The van der Waals surface area contributed by atoms with E-state index in [1.165, 1.54) is 0 Å². The highest BCUT2D eigenvalue weighted by molar-refractivity contribution is 5.92. The Hall–Kier alpha value is -2.08. The smallest absolute Gasteiger partial charge is 0.238 e. The number of hydrogen-bond donors (Lipinski definition) is 1. The van der Waals surface area contributed by atoms with Crippen LogP contribution in [0, 0.1) is 5.41 Å². The molecule has 6 nitrogen and oxygen atoms in total. The Bertz CT molecular complexity index is 608. The number of nitrogens with zero attached hydrogens (tertiary/aromatic N) is 2. The zero-order valence-corrected chi connectivity index (χ0v) is 16.4. The number of anilines is 1. The average molecular weight is 361 g/mol. The van der Waals surface area contributed by atoms with Gasteiger partial charge in [-0.1, -0.05) is 20.8 Å². The van der Waals surface area contributed by atoms with Gasteiger partial charge in [0, 0.05) is 37.3 Å². The molecule has 2 rings (SSSR count). The van der Waals surface area contributed by atoms with Crippen LogP contribution >= 0.6 is 0 Å². The lowest BCUT2D eigenvalue weighted by molar-refractivity contribution is -0.139. The number of nitrogens with one attached hydrogen (secondary N) is 1. The van der Waals surface area contributed by atoms with E-state index in [9.17, 15) is 9.59 Å². The summed E-state index contributed by atoms with van der Waals surface area (Å²) in [6.07, 6.45) is 0.887. The number of hydrogen-bond acceptors (Lipinski definition) is 4. The molecule has 2 amide bonds. The van der Waals surface area contributed by atoms with Gasteiger partial charge in [0.25, 0.3) is 0 Å². The normalized spacial score (nSPS) is 16.1. The minimum atomic E-state index is -0.361. The molecule has 26 heavy (non-hydrogen) atoms. The van der Waals surface area contributed by atoms with Crippen molar-refractivity contribution in [1.29, 1.82) is 0 Å². The monoisotopic (exact) mass is 361 g/mol. The highest BCUT2D eigenvalue weighted by Gasteiger charge is 2.28. The highest BCUT2D eigenvalue weighted by Crippen LogP contribution is 2.19. The van der Waals surface area contributed by atoms with E-state index in [1.54, 1.807) is 0 Å². The van der Waals surface area contributed by atoms with Crippen LogP contribution < -0.4 is 10.1 Å². The van der Waals surface area contributed by atoms with E-state index < -0.39 is 0 Å². The number of benzene rings is 1. The van der Waals surface area contributed by atoms with Gasteiger partial charge in [0.1, 0.15) is 5.75 Å². The molecule has 0 spiro atoms. The summed E-state index contributed by atoms with van der Waals surface area (Å²) in [5.41, 5.74) is 0.401. The summed E-state index contributed by atoms with van der Waals surface area (Å²) in [7, 11) is 0. The molecule has 0 atom stereocenters. The van der Waals surface area contributed by atoms with Gasteiger partial charge >= 0.3 is 0 Å². The van der Waals surface area contributed by atoms with Gasteiger partial charge < -0.3 is 15.0 Å². The fraction of sp³-hybridized carbons (Fsp3) is 0.600. The first-order chi connectivity index (χ1) is 12.3. The molecule has 1 aromatic carbocycles. The SMILES string of the molecule is CCOc1ccc(NC(=O)CN2CCCN(C(=O)C(C)(C)C)CC2)cc1. The molecule has 1 aliphatic rings. The summed E-state index contributed by atoms with van der Waals surface area (Å²) in [4.78, 5) is 28.8. The third kappa shape index (κ3) is 6.02. The van der Waals surface area contributed by atoms with Gasteiger partial charge in [-0.2, -0.15) is 0 Å². The Labute approximate surface area is 156 Å². The molecule has 0 unspecified atom stereocenters. The van der Waals surface area contributed by atoms with Crippen molar-refractivity contribution < 1.29 is 14.3 Å². The molecule has 1 heterocycles. The van der Waals surface area contributed by atoms with Crippen LogP contribution in [-0.4, -0.2) is 60.9 Å². The van der Waals surface area contributed by atoms with Gasteiger partial charge in [-0.15, -0.1) is 0 Å². The second-order valence-corrected chi connectivity index (χ2v) is 7.68. The Morgan fingerprint density at radius 2 is 1.77 bits per heavy atom. The van der Waals surface area contributed by atoms with Gasteiger partial charge in [0.15, 0.2) is 0 Å². The first kappa shape index (κ1) is 20.2. The lowest BCUT2D eigenvalue weighted by atomic mass is 9.94. The van der Waals surface area contributed by atoms with Crippen molar-refractivity contribution >= 4 is 17.5 Å². The number of carbonyl (C=O) groups excluding carboxylic acids is 2. The van der Waals surface area contributed by atoms with Gasteiger partial charge in [0.2, 0.25) is 11.8 Å². The van der Waals surface area contributed by atoms with E-state index in [0.29, 0.717) is 19.7 Å². The maximum atomic E-state index is 12.4. The van der Waals surface area contributed by atoms with E-state index in [1.807, 2.05) is 56.9 Å². The summed E-state index contributed by atoms with van der Waals surface area (Å²) >= 11 is 0. The molecule has 0 saturated carbocycles. The molecule has 1 saturated heterocycles. The van der Waals surface area contributed by atoms with Crippen LogP contribution in [0.2, 0.25) is 0 Å². The summed E-state index contributed by atoms with van der Waals surface area (Å²) in [5.74, 6) is 0.935. The summed E-state index contributed by atoms with van der Waals surface area (Å²) < 4.78 is 5.40. The number of rotatable bonds is 5. The van der Waals surface area contributed by atoms with Crippen LogP contribution in [0.15, 0.2) is 24.3 Å². The number of ether oxygens (including phenoxy) is 1. The van der Waals surface area contributed by atoms with Crippen molar-refractivity contribution in [3.8, 4) is 5.75 Å². The first-order valence-electron chi connectivity index (χ1n) is 9.34. The molecule has 1 aromatic rings. The van der Waals surface area contributed by atoms with Crippen molar-refractivity contribution in [2.45, 2.75) is 34.1 Å². The molecule has 0 radical (unpaired) electrons. The second kappa shape index (κ2) is 9.03. The second-order valence-electron chi connectivity index (χ2n) is 7.68. The molecule has 1 fully saturated rings. The fourth-order valence-corrected chi connectivity index (χ4v) is 3.01.